The standard InChI is InChI=1S/C16H23ClO2S/c1-20(18,19)15-9-5-6-13(12-15)10-11-16(17)14-7-3-2-4-8-14/h2-4,7-8,13,15-16H,5-6,9-12H2,1H3. The lowest BCUT2D eigenvalue weighted by Gasteiger charge is -2.28. The summed E-state index contributed by atoms with van der Waals surface area (Å²) in [6.45, 7) is 0. The Kier molecular flexibility index (Phi) is 5.50. The van der Waals surface area contributed by atoms with Crippen molar-refractivity contribution in [3.05, 3.63) is 35.9 Å². The molecule has 1 aromatic carbocycles. The van der Waals surface area contributed by atoms with Gasteiger partial charge in [0.25, 0.3) is 0 Å². The Morgan fingerprint density at radius 1 is 1.25 bits per heavy atom. The molecule has 0 saturated heterocycles. The summed E-state index contributed by atoms with van der Waals surface area (Å²) in [6, 6.07) is 10.1. The van der Waals surface area contributed by atoms with Gasteiger partial charge in [0.15, 0.2) is 0 Å². The van der Waals surface area contributed by atoms with E-state index in [0.717, 1.165) is 44.1 Å². The van der Waals surface area contributed by atoms with E-state index in [2.05, 4.69) is 12.1 Å². The van der Waals surface area contributed by atoms with Gasteiger partial charge in [0.2, 0.25) is 0 Å². The van der Waals surface area contributed by atoms with Gasteiger partial charge in [-0.1, -0.05) is 43.2 Å². The van der Waals surface area contributed by atoms with Gasteiger partial charge in [-0.05, 0) is 37.2 Å². The van der Waals surface area contributed by atoms with Crippen molar-refractivity contribution < 1.29 is 8.42 Å². The number of sulfone groups is 1. The lowest BCUT2D eigenvalue weighted by molar-refractivity contribution is 0.331. The molecule has 1 aromatic rings. The first-order valence-corrected chi connectivity index (χ1v) is 9.74. The largest absolute Gasteiger partial charge is 0.229 e. The zero-order chi connectivity index (χ0) is 14.6. The average Bonchev–Trinajstić information content (AvgIpc) is 2.45. The molecule has 4 heteroatoms. The van der Waals surface area contributed by atoms with Crippen LogP contribution in [0.1, 0.15) is 49.5 Å². The highest BCUT2D eigenvalue weighted by Gasteiger charge is 2.28. The Labute approximate surface area is 127 Å². The van der Waals surface area contributed by atoms with Crippen molar-refractivity contribution in [1.29, 1.82) is 0 Å². The minimum Gasteiger partial charge on any atom is -0.229 e. The van der Waals surface area contributed by atoms with Crippen molar-refractivity contribution in [2.24, 2.45) is 5.92 Å². The molecule has 2 nitrogen and oxygen atoms in total. The first kappa shape index (κ1) is 15.8. The van der Waals surface area contributed by atoms with Crippen LogP contribution in [0.2, 0.25) is 0 Å². The van der Waals surface area contributed by atoms with Gasteiger partial charge in [-0.25, -0.2) is 8.42 Å². The van der Waals surface area contributed by atoms with E-state index < -0.39 is 9.84 Å². The molecule has 1 fully saturated rings. The summed E-state index contributed by atoms with van der Waals surface area (Å²) < 4.78 is 23.3. The van der Waals surface area contributed by atoms with Gasteiger partial charge in [-0.2, -0.15) is 0 Å². The summed E-state index contributed by atoms with van der Waals surface area (Å²) in [7, 11) is -2.88. The molecule has 0 amide bonds. The maximum absolute atomic E-state index is 11.7. The number of rotatable bonds is 5. The van der Waals surface area contributed by atoms with E-state index in [1.807, 2.05) is 18.2 Å². The van der Waals surface area contributed by atoms with Gasteiger partial charge in [0.1, 0.15) is 9.84 Å². The first-order chi connectivity index (χ1) is 9.47. The van der Waals surface area contributed by atoms with Gasteiger partial charge in [-0.15, -0.1) is 11.6 Å². The van der Waals surface area contributed by atoms with Crippen LogP contribution in [0.5, 0.6) is 0 Å². The molecule has 1 aliphatic carbocycles. The fraction of sp³-hybridized carbons (Fsp3) is 0.625. The monoisotopic (exact) mass is 314 g/mol. The van der Waals surface area contributed by atoms with Crippen molar-refractivity contribution in [1.82, 2.24) is 0 Å². The summed E-state index contributed by atoms with van der Waals surface area (Å²) in [6.07, 6.45) is 7.14. The van der Waals surface area contributed by atoms with Crippen LogP contribution < -0.4 is 0 Å². The van der Waals surface area contributed by atoms with E-state index in [0.29, 0.717) is 5.92 Å². The molecule has 2 rings (SSSR count). The van der Waals surface area contributed by atoms with E-state index in [9.17, 15) is 8.42 Å². The summed E-state index contributed by atoms with van der Waals surface area (Å²) in [5.74, 6) is 0.508. The third kappa shape index (κ3) is 4.49. The fourth-order valence-electron chi connectivity index (χ4n) is 3.10. The maximum Gasteiger partial charge on any atom is 0.150 e. The Morgan fingerprint density at radius 2 is 1.95 bits per heavy atom. The van der Waals surface area contributed by atoms with Crippen LogP contribution in [0.3, 0.4) is 0 Å². The highest BCUT2D eigenvalue weighted by molar-refractivity contribution is 7.91. The number of benzene rings is 1. The van der Waals surface area contributed by atoms with E-state index in [-0.39, 0.29) is 10.6 Å². The van der Waals surface area contributed by atoms with Gasteiger partial charge < -0.3 is 0 Å². The highest BCUT2D eigenvalue weighted by atomic mass is 35.5. The molecule has 0 heterocycles. The molecule has 1 saturated carbocycles. The van der Waals surface area contributed by atoms with Crippen LogP contribution in [0.4, 0.5) is 0 Å². The molecule has 0 aliphatic heterocycles. The molecule has 1 aliphatic rings. The van der Waals surface area contributed by atoms with Crippen LogP contribution in [0, 0.1) is 5.92 Å². The smallest absolute Gasteiger partial charge is 0.150 e. The topological polar surface area (TPSA) is 34.1 Å². The molecule has 112 valence electrons. The van der Waals surface area contributed by atoms with Crippen LogP contribution in [-0.4, -0.2) is 19.9 Å². The van der Waals surface area contributed by atoms with Crippen LogP contribution in [-0.2, 0) is 9.84 Å². The van der Waals surface area contributed by atoms with Crippen molar-refractivity contribution in [3.8, 4) is 0 Å². The zero-order valence-electron chi connectivity index (χ0n) is 12.0. The fourth-order valence-corrected chi connectivity index (χ4v) is 4.59. The SMILES string of the molecule is CS(=O)(=O)C1CCCC(CCC(Cl)c2ccccc2)C1. The summed E-state index contributed by atoms with van der Waals surface area (Å²) in [5, 5.41) is -0.0958. The summed E-state index contributed by atoms with van der Waals surface area (Å²) in [5.41, 5.74) is 1.16. The second kappa shape index (κ2) is 6.95. The molecule has 0 aromatic heterocycles. The number of hydrogen-bond donors (Lipinski definition) is 0. The quantitative estimate of drug-likeness (QED) is 0.757. The maximum atomic E-state index is 11.7. The normalized spacial score (nSPS) is 25.3. The number of alkyl halides is 1. The molecule has 20 heavy (non-hydrogen) atoms. The van der Waals surface area contributed by atoms with E-state index >= 15 is 0 Å². The van der Waals surface area contributed by atoms with Gasteiger partial charge in [0, 0.05) is 6.26 Å². The van der Waals surface area contributed by atoms with E-state index in [1.54, 1.807) is 0 Å². The zero-order valence-corrected chi connectivity index (χ0v) is 13.5. The van der Waals surface area contributed by atoms with E-state index in [4.69, 9.17) is 11.6 Å². The number of halogens is 1. The van der Waals surface area contributed by atoms with Gasteiger partial charge >= 0.3 is 0 Å². The second-order valence-corrected chi connectivity index (χ2v) is 8.79. The predicted molar refractivity (Wildman–Crippen MR) is 84.9 cm³/mol. The minimum atomic E-state index is -2.88. The van der Waals surface area contributed by atoms with Crippen molar-refractivity contribution >= 4 is 21.4 Å². The van der Waals surface area contributed by atoms with Crippen molar-refractivity contribution in [3.63, 3.8) is 0 Å². The molecule has 3 atom stereocenters. The lowest BCUT2D eigenvalue weighted by Crippen LogP contribution is -2.27. The molecule has 0 bridgehead atoms. The third-order valence-electron chi connectivity index (χ3n) is 4.33. The number of hydrogen-bond acceptors (Lipinski definition) is 2. The Hall–Kier alpha value is -0.540. The molecular formula is C16H23ClO2S. The van der Waals surface area contributed by atoms with E-state index in [1.165, 1.54) is 6.26 Å². The lowest BCUT2D eigenvalue weighted by atomic mass is 9.85. The van der Waals surface area contributed by atoms with Gasteiger partial charge in [-0.3, -0.25) is 0 Å². The Morgan fingerprint density at radius 3 is 2.60 bits per heavy atom. The van der Waals surface area contributed by atoms with Crippen LogP contribution >= 0.6 is 11.6 Å². The second-order valence-electron chi connectivity index (χ2n) is 5.94. The molecule has 0 N–H and O–H groups in total. The van der Waals surface area contributed by atoms with Crippen LogP contribution in [0.25, 0.3) is 0 Å². The highest BCUT2D eigenvalue weighted by Crippen LogP contribution is 2.34. The van der Waals surface area contributed by atoms with Crippen LogP contribution in [0.15, 0.2) is 30.3 Å². The Balaban J connectivity index is 1.85. The Bertz CT molecular complexity index is 513. The summed E-state index contributed by atoms with van der Waals surface area (Å²) >= 11 is 6.43. The molecule has 0 spiro atoms. The molecule has 0 radical (unpaired) electrons. The van der Waals surface area contributed by atoms with Crippen molar-refractivity contribution in [2.45, 2.75) is 49.2 Å². The molecule has 3 unspecified atom stereocenters. The average molecular weight is 315 g/mol. The van der Waals surface area contributed by atoms with Gasteiger partial charge in [0.05, 0.1) is 10.6 Å². The third-order valence-corrected chi connectivity index (χ3v) is 6.44. The first-order valence-electron chi connectivity index (χ1n) is 7.34. The predicted octanol–water partition coefficient (Wildman–Crippen LogP) is 4.35. The van der Waals surface area contributed by atoms with Crippen molar-refractivity contribution in [2.75, 3.05) is 6.26 Å². The minimum absolute atomic E-state index is 0.0369. The summed E-state index contributed by atoms with van der Waals surface area (Å²) in [4.78, 5) is 0. The molecular weight excluding hydrogens is 292 g/mol.